The summed E-state index contributed by atoms with van der Waals surface area (Å²) in [5, 5.41) is 11.5. The Hall–Kier alpha value is -3.33. The van der Waals surface area contributed by atoms with Crippen molar-refractivity contribution >= 4 is 17.5 Å². The van der Waals surface area contributed by atoms with Gasteiger partial charge in [0.25, 0.3) is 5.69 Å². The zero-order valence-corrected chi connectivity index (χ0v) is 18.8. The van der Waals surface area contributed by atoms with Gasteiger partial charge in [-0.3, -0.25) is 15.0 Å². The van der Waals surface area contributed by atoms with Crippen LogP contribution < -0.4 is 14.4 Å². The maximum atomic E-state index is 12.4. The lowest BCUT2D eigenvalue weighted by atomic mass is 10.1. The fraction of sp³-hybridized carbons (Fsp3) is 0.409. The van der Waals surface area contributed by atoms with Crippen LogP contribution in [0, 0.1) is 24.0 Å². The van der Waals surface area contributed by atoms with Gasteiger partial charge in [-0.15, -0.1) is 0 Å². The molecule has 0 aliphatic heterocycles. The second-order valence-electron chi connectivity index (χ2n) is 7.99. The fourth-order valence-corrected chi connectivity index (χ4v) is 2.87. The summed E-state index contributed by atoms with van der Waals surface area (Å²) < 4.78 is 21.8. The molecule has 0 spiro atoms. The first-order chi connectivity index (χ1) is 14.4. The van der Waals surface area contributed by atoms with Gasteiger partial charge in [0.15, 0.2) is 6.79 Å². The molecule has 0 atom stereocenters. The Morgan fingerprint density at radius 1 is 1.10 bits per heavy atom. The number of methoxy groups -OCH3 is 1. The van der Waals surface area contributed by atoms with Gasteiger partial charge in [-0.2, -0.15) is 0 Å². The summed E-state index contributed by atoms with van der Waals surface area (Å²) in [6, 6.07) is 7.78. The molecule has 31 heavy (non-hydrogen) atoms. The van der Waals surface area contributed by atoms with E-state index >= 15 is 0 Å². The number of hydrogen-bond donors (Lipinski definition) is 0. The van der Waals surface area contributed by atoms with Crippen LogP contribution in [-0.2, 0) is 9.47 Å². The normalized spacial score (nSPS) is 11.1. The summed E-state index contributed by atoms with van der Waals surface area (Å²) in [4.78, 5) is 24.4. The quantitative estimate of drug-likeness (QED) is 0.330. The Bertz CT molecular complexity index is 944. The van der Waals surface area contributed by atoms with Gasteiger partial charge >= 0.3 is 6.09 Å². The number of hydrogen-bond acceptors (Lipinski definition) is 7. The third-order valence-electron chi connectivity index (χ3n) is 4.16. The highest BCUT2D eigenvalue weighted by Gasteiger charge is 2.26. The molecule has 0 aliphatic carbocycles. The van der Waals surface area contributed by atoms with Gasteiger partial charge in [0.05, 0.1) is 4.92 Å². The third-order valence-corrected chi connectivity index (χ3v) is 4.16. The maximum Gasteiger partial charge on any atom is 0.414 e. The highest BCUT2D eigenvalue weighted by Crippen LogP contribution is 2.36. The highest BCUT2D eigenvalue weighted by atomic mass is 16.7. The Balaban J connectivity index is 2.36. The van der Waals surface area contributed by atoms with Crippen LogP contribution in [0.1, 0.15) is 31.9 Å². The number of nitrogens with zero attached hydrogens (tertiary/aromatic N) is 2. The molecule has 9 heteroatoms. The molecule has 2 rings (SSSR count). The van der Waals surface area contributed by atoms with E-state index in [1.54, 1.807) is 40.0 Å². The van der Waals surface area contributed by atoms with Crippen LogP contribution in [0.25, 0.3) is 0 Å². The molecule has 0 aromatic heterocycles. The maximum absolute atomic E-state index is 12.4. The Labute approximate surface area is 181 Å². The smallest absolute Gasteiger partial charge is 0.414 e. The molecule has 9 nitrogen and oxygen atoms in total. The third kappa shape index (κ3) is 6.32. The van der Waals surface area contributed by atoms with Crippen LogP contribution in [0.5, 0.6) is 17.2 Å². The van der Waals surface area contributed by atoms with Gasteiger partial charge < -0.3 is 18.9 Å². The van der Waals surface area contributed by atoms with Crippen LogP contribution >= 0.6 is 0 Å². The summed E-state index contributed by atoms with van der Waals surface area (Å²) in [6.07, 6.45) is -0.709. The molecule has 0 unspecified atom stereocenters. The van der Waals surface area contributed by atoms with Crippen molar-refractivity contribution < 1.29 is 28.7 Å². The van der Waals surface area contributed by atoms with Crippen molar-refractivity contribution in [2.24, 2.45) is 0 Å². The first kappa shape index (κ1) is 23.9. The molecule has 0 N–H and O–H groups in total. The van der Waals surface area contributed by atoms with Crippen molar-refractivity contribution in [1.82, 2.24) is 0 Å². The number of carbonyl (C=O) groups is 1. The van der Waals surface area contributed by atoms with Crippen molar-refractivity contribution in [2.45, 2.75) is 40.2 Å². The SMILES string of the molecule is COCOc1c(C)cc(Oc2ccc([N+](=O)[O-])c(N(C)C(=O)OC(C)(C)C)c2)cc1C. The minimum absolute atomic E-state index is 0.0604. The van der Waals surface area contributed by atoms with E-state index in [9.17, 15) is 14.9 Å². The zero-order chi connectivity index (χ0) is 23.3. The van der Waals surface area contributed by atoms with Crippen LogP contribution in [0.4, 0.5) is 16.2 Å². The van der Waals surface area contributed by atoms with Crippen LogP contribution in [-0.4, -0.2) is 37.6 Å². The van der Waals surface area contributed by atoms with E-state index in [1.165, 1.54) is 25.2 Å². The minimum Gasteiger partial charge on any atom is -0.467 e. The van der Waals surface area contributed by atoms with E-state index in [2.05, 4.69) is 0 Å². The number of rotatable bonds is 7. The highest BCUT2D eigenvalue weighted by molar-refractivity contribution is 5.90. The zero-order valence-electron chi connectivity index (χ0n) is 18.8. The monoisotopic (exact) mass is 432 g/mol. The van der Waals surface area contributed by atoms with Crippen LogP contribution in [0.2, 0.25) is 0 Å². The number of aryl methyl sites for hydroxylation is 2. The van der Waals surface area contributed by atoms with Crippen molar-refractivity contribution in [3.8, 4) is 17.2 Å². The number of amides is 1. The lowest BCUT2D eigenvalue weighted by molar-refractivity contribution is -0.384. The van der Waals surface area contributed by atoms with E-state index < -0.39 is 16.6 Å². The van der Waals surface area contributed by atoms with E-state index in [-0.39, 0.29) is 18.2 Å². The molecule has 2 aromatic carbocycles. The van der Waals surface area contributed by atoms with E-state index in [1.807, 2.05) is 13.8 Å². The number of benzene rings is 2. The molecule has 0 aliphatic rings. The summed E-state index contributed by atoms with van der Waals surface area (Å²) in [7, 11) is 2.96. The van der Waals surface area contributed by atoms with Crippen molar-refractivity contribution in [1.29, 1.82) is 0 Å². The second kappa shape index (κ2) is 9.65. The Morgan fingerprint density at radius 2 is 1.71 bits per heavy atom. The van der Waals surface area contributed by atoms with E-state index in [0.29, 0.717) is 17.2 Å². The molecule has 0 heterocycles. The lowest BCUT2D eigenvalue weighted by Crippen LogP contribution is -2.34. The van der Waals surface area contributed by atoms with Gasteiger partial charge in [-0.05, 0) is 63.9 Å². The number of anilines is 1. The van der Waals surface area contributed by atoms with Crippen molar-refractivity contribution in [3.63, 3.8) is 0 Å². The molecule has 168 valence electrons. The summed E-state index contributed by atoms with van der Waals surface area (Å²) in [6.45, 7) is 9.04. The summed E-state index contributed by atoms with van der Waals surface area (Å²) >= 11 is 0. The predicted molar refractivity (Wildman–Crippen MR) is 116 cm³/mol. The summed E-state index contributed by atoms with van der Waals surface area (Å²) in [5.74, 6) is 1.56. The van der Waals surface area contributed by atoms with Gasteiger partial charge in [0.2, 0.25) is 0 Å². The largest absolute Gasteiger partial charge is 0.467 e. The topological polar surface area (TPSA) is 100 Å². The molecule has 0 bridgehead atoms. The molecule has 0 radical (unpaired) electrons. The van der Waals surface area contributed by atoms with Crippen molar-refractivity contribution in [2.75, 3.05) is 25.9 Å². The number of nitro benzene ring substituents is 1. The molecule has 2 aromatic rings. The van der Waals surface area contributed by atoms with Gasteiger partial charge in [-0.25, -0.2) is 4.79 Å². The molecule has 0 fully saturated rings. The Kier molecular flexibility index (Phi) is 7.46. The van der Waals surface area contributed by atoms with Gasteiger partial charge in [0.1, 0.15) is 28.5 Å². The predicted octanol–water partition coefficient (Wildman–Crippen LogP) is 5.36. The molecule has 1 amide bonds. The van der Waals surface area contributed by atoms with Crippen molar-refractivity contribution in [3.05, 3.63) is 51.6 Å². The van der Waals surface area contributed by atoms with Crippen LogP contribution in [0.3, 0.4) is 0 Å². The number of ether oxygens (including phenoxy) is 4. The fourth-order valence-electron chi connectivity index (χ4n) is 2.87. The van der Waals surface area contributed by atoms with E-state index in [0.717, 1.165) is 16.0 Å². The number of nitro groups is 1. The second-order valence-corrected chi connectivity index (χ2v) is 7.99. The Morgan fingerprint density at radius 3 is 2.23 bits per heavy atom. The molecular formula is C22H28N2O7. The van der Waals surface area contributed by atoms with Gasteiger partial charge in [-0.1, -0.05) is 0 Å². The first-order valence-electron chi connectivity index (χ1n) is 9.59. The minimum atomic E-state index is -0.740. The lowest BCUT2D eigenvalue weighted by Gasteiger charge is -2.24. The average molecular weight is 432 g/mol. The molecular weight excluding hydrogens is 404 g/mol. The van der Waals surface area contributed by atoms with Crippen LogP contribution in [0.15, 0.2) is 30.3 Å². The standard InChI is InChI=1S/C22H28N2O7/c1-14-10-17(11-15(2)20(14)29-13-28-7)30-16-8-9-18(24(26)27)19(12-16)23(6)21(25)31-22(3,4)5/h8-12H,13H2,1-7H3. The molecule has 0 saturated carbocycles. The van der Waals surface area contributed by atoms with E-state index in [4.69, 9.17) is 18.9 Å². The molecule has 0 saturated heterocycles. The number of carbonyl (C=O) groups excluding carboxylic acids is 1. The summed E-state index contributed by atoms with van der Waals surface area (Å²) in [5.41, 5.74) is 0.775. The average Bonchev–Trinajstić information content (AvgIpc) is 2.65. The first-order valence-corrected chi connectivity index (χ1v) is 9.59. The van der Waals surface area contributed by atoms with Gasteiger partial charge in [0, 0.05) is 26.3 Å².